The van der Waals surface area contributed by atoms with E-state index in [1.807, 2.05) is 45.0 Å². The number of rotatable bonds is 5. The van der Waals surface area contributed by atoms with E-state index in [0.29, 0.717) is 19.4 Å². The second-order valence-corrected chi connectivity index (χ2v) is 9.78. The highest BCUT2D eigenvalue weighted by Crippen LogP contribution is 2.36. The zero-order valence-corrected chi connectivity index (χ0v) is 18.6. The van der Waals surface area contributed by atoms with Gasteiger partial charge in [0, 0.05) is 19.1 Å². The lowest BCUT2D eigenvalue weighted by molar-refractivity contribution is -0.125. The van der Waals surface area contributed by atoms with Gasteiger partial charge >= 0.3 is 6.09 Å². The number of nitrogens with one attached hydrogen (secondary N) is 2. The normalized spacial score (nSPS) is 24.7. The highest BCUT2D eigenvalue weighted by Gasteiger charge is 2.52. The lowest BCUT2D eigenvalue weighted by atomic mass is 10.0. The fourth-order valence-electron chi connectivity index (χ4n) is 4.14. The molecule has 8 nitrogen and oxygen atoms in total. The molecule has 1 saturated heterocycles. The van der Waals surface area contributed by atoms with Crippen LogP contribution in [0, 0.1) is 0 Å². The molecule has 1 aliphatic carbocycles. The van der Waals surface area contributed by atoms with Gasteiger partial charge in [0.25, 0.3) is 0 Å². The number of carbonyl (C=O) groups is 2. The molecule has 2 amide bonds. The Morgan fingerprint density at radius 3 is 2.68 bits per heavy atom. The number of likely N-dealkylation sites (tertiary alicyclic amines) is 1. The van der Waals surface area contributed by atoms with Gasteiger partial charge in [-0.15, -0.1) is 0 Å². The van der Waals surface area contributed by atoms with Crippen molar-refractivity contribution in [2.75, 3.05) is 26.2 Å². The number of alkyl carbamates (subject to hydrolysis) is 1. The third kappa shape index (κ3) is 5.61. The van der Waals surface area contributed by atoms with Crippen LogP contribution >= 0.6 is 0 Å². The summed E-state index contributed by atoms with van der Waals surface area (Å²) in [4.78, 5) is 27.3. The minimum absolute atomic E-state index is 0.0343. The summed E-state index contributed by atoms with van der Waals surface area (Å²) >= 11 is 0. The van der Waals surface area contributed by atoms with Crippen molar-refractivity contribution in [3.63, 3.8) is 0 Å². The van der Waals surface area contributed by atoms with E-state index in [1.165, 1.54) is 0 Å². The first-order chi connectivity index (χ1) is 14.7. The van der Waals surface area contributed by atoms with Crippen molar-refractivity contribution in [1.29, 1.82) is 0 Å². The van der Waals surface area contributed by atoms with Gasteiger partial charge in [0.15, 0.2) is 11.5 Å². The largest absolute Gasteiger partial charge is 0.486 e. The van der Waals surface area contributed by atoms with E-state index in [2.05, 4.69) is 15.5 Å². The SMILES string of the molecule is CC(C)(C)OC(=O)NC1(C(=O)NC2CCCN(CC3COc4ccccc4O3)C2)CC1. The van der Waals surface area contributed by atoms with Crippen molar-refractivity contribution in [3.8, 4) is 11.5 Å². The van der Waals surface area contributed by atoms with Crippen LogP contribution in [0.5, 0.6) is 11.5 Å². The molecule has 0 aromatic heterocycles. The van der Waals surface area contributed by atoms with E-state index in [0.717, 1.165) is 44.0 Å². The van der Waals surface area contributed by atoms with Crippen molar-refractivity contribution in [2.45, 2.75) is 69.7 Å². The molecular weight excluding hydrogens is 398 g/mol. The molecule has 1 saturated carbocycles. The summed E-state index contributed by atoms with van der Waals surface area (Å²) in [5.41, 5.74) is -1.42. The third-order valence-electron chi connectivity index (χ3n) is 5.79. The predicted molar refractivity (Wildman–Crippen MR) is 115 cm³/mol. The minimum atomic E-state index is -0.825. The van der Waals surface area contributed by atoms with Crippen molar-refractivity contribution >= 4 is 12.0 Å². The standard InChI is InChI=1S/C23H33N3O5/c1-22(2,3)31-21(28)25-23(10-11-23)20(27)24-16-7-6-12-26(13-16)14-17-15-29-18-8-4-5-9-19(18)30-17/h4-5,8-9,16-17H,6-7,10-15H2,1-3H3,(H,24,27)(H,25,28). The van der Waals surface area contributed by atoms with Gasteiger partial charge in [0.2, 0.25) is 5.91 Å². The monoisotopic (exact) mass is 431 g/mol. The van der Waals surface area contributed by atoms with Gasteiger partial charge in [-0.1, -0.05) is 12.1 Å². The molecule has 2 fully saturated rings. The molecule has 2 N–H and O–H groups in total. The first kappa shape index (κ1) is 21.7. The predicted octanol–water partition coefficient (Wildman–Crippen LogP) is 2.46. The van der Waals surface area contributed by atoms with E-state index >= 15 is 0 Å². The fraction of sp³-hybridized carbons (Fsp3) is 0.652. The average Bonchev–Trinajstić information content (AvgIpc) is 3.47. The van der Waals surface area contributed by atoms with E-state index in [9.17, 15) is 9.59 Å². The third-order valence-corrected chi connectivity index (χ3v) is 5.79. The molecule has 170 valence electrons. The number of fused-ring (bicyclic) bond motifs is 1. The first-order valence-electron chi connectivity index (χ1n) is 11.2. The highest BCUT2D eigenvalue weighted by atomic mass is 16.6. The summed E-state index contributed by atoms with van der Waals surface area (Å²) in [6.45, 7) is 8.42. The summed E-state index contributed by atoms with van der Waals surface area (Å²) in [5, 5.41) is 5.93. The molecule has 31 heavy (non-hydrogen) atoms. The fourth-order valence-corrected chi connectivity index (χ4v) is 4.14. The Bertz CT molecular complexity index is 818. The van der Waals surface area contributed by atoms with Crippen LogP contribution in [0.3, 0.4) is 0 Å². The van der Waals surface area contributed by atoms with Crippen molar-refractivity contribution in [3.05, 3.63) is 24.3 Å². The number of benzene rings is 1. The zero-order valence-electron chi connectivity index (χ0n) is 18.6. The van der Waals surface area contributed by atoms with Crippen LogP contribution in [0.1, 0.15) is 46.5 Å². The summed E-state index contributed by atoms with van der Waals surface area (Å²) in [7, 11) is 0. The Morgan fingerprint density at radius 2 is 1.97 bits per heavy atom. The Hall–Kier alpha value is -2.48. The first-order valence-corrected chi connectivity index (χ1v) is 11.2. The maximum absolute atomic E-state index is 12.9. The molecule has 2 atom stereocenters. The Balaban J connectivity index is 1.26. The molecule has 1 aromatic carbocycles. The second-order valence-electron chi connectivity index (χ2n) is 9.78. The van der Waals surface area contributed by atoms with Gasteiger partial charge in [0.05, 0.1) is 0 Å². The number of amides is 2. The number of nitrogens with zero attached hydrogens (tertiary/aromatic N) is 1. The maximum atomic E-state index is 12.9. The molecule has 1 aromatic rings. The lowest BCUT2D eigenvalue weighted by Crippen LogP contribution is -2.56. The molecule has 0 bridgehead atoms. The summed E-state index contributed by atoms with van der Waals surface area (Å²) in [5.74, 6) is 1.45. The number of piperidine rings is 1. The highest BCUT2D eigenvalue weighted by molar-refractivity contribution is 5.93. The van der Waals surface area contributed by atoms with Crippen LogP contribution in [0.25, 0.3) is 0 Å². The Kier molecular flexibility index (Phi) is 6.01. The van der Waals surface area contributed by atoms with E-state index in [-0.39, 0.29) is 18.1 Å². The Morgan fingerprint density at radius 1 is 1.23 bits per heavy atom. The van der Waals surface area contributed by atoms with Gasteiger partial charge in [-0.05, 0) is 65.1 Å². The van der Waals surface area contributed by atoms with Crippen LogP contribution in [-0.4, -0.2) is 66.4 Å². The molecule has 4 rings (SSSR count). The number of ether oxygens (including phenoxy) is 3. The van der Waals surface area contributed by atoms with Crippen molar-refractivity contribution in [1.82, 2.24) is 15.5 Å². The average molecular weight is 432 g/mol. The molecule has 2 unspecified atom stereocenters. The molecule has 0 radical (unpaired) electrons. The van der Waals surface area contributed by atoms with Gasteiger partial charge in [-0.25, -0.2) is 4.79 Å². The Labute approximate surface area is 183 Å². The van der Waals surface area contributed by atoms with Crippen LogP contribution < -0.4 is 20.1 Å². The quantitative estimate of drug-likeness (QED) is 0.745. The van der Waals surface area contributed by atoms with Crippen molar-refractivity contribution < 1.29 is 23.8 Å². The molecular formula is C23H33N3O5. The van der Waals surface area contributed by atoms with Crippen LogP contribution in [-0.2, 0) is 9.53 Å². The van der Waals surface area contributed by atoms with Crippen molar-refractivity contribution in [2.24, 2.45) is 0 Å². The second kappa shape index (κ2) is 8.57. The maximum Gasteiger partial charge on any atom is 0.408 e. The van der Waals surface area contributed by atoms with E-state index in [1.54, 1.807) is 0 Å². The number of carbonyl (C=O) groups excluding carboxylic acids is 2. The number of hydrogen-bond acceptors (Lipinski definition) is 6. The summed E-state index contributed by atoms with van der Waals surface area (Å²) < 4.78 is 17.2. The number of hydrogen-bond donors (Lipinski definition) is 2. The van der Waals surface area contributed by atoms with Gasteiger partial charge in [0.1, 0.15) is 23.9 Å². The molecule has 0 spiro atoms. The summed E-state index contributed by atoms with van der Waals surface area (Å²) in [6.07, 6.45) is 2.63. The van der Waals surface area contributed by atoms with Gasteiger partial charge < -0.3 is 24.8 Å². The van der Waals surface area contributed by atoms with Crippen LogP contribution in [0.4, 0.5) is 4.79 Å². The van der Waals surface area contributed by atoms with Gasteiger partial charge in [-0.2, -0.15) is 0 Å². The van der Waals surface area contributed by atoms with E-state index < -0.39 is 17.2 Å². The molecule has 2 heterocycles. The number of para-hydroxylation sites is 2. The van der Waals surface area contributed by atoms with Gasteiger partial charge in [-0.3, -0.25) is 9.69 Å². The smallest absolute Gasteiger partial charge is 0.408 e. The molecule has 3 aliphatic rings. The van der Waals surface area contributed by atoms with E-state index in [4.69, 9.17) is 14.2 Å². The molecule has 8 heteroatoms. The topological polar surface area (TPSA) is 89.1 Å². The lowest BCUT2D eigenvalue weighted by Gasteiger charge is -2.37. The van der Waals surface area contributed by atoms with Crippen LogP contribution in [0.2, 0.25) is 0 Å². The van der Waals surface area contributed by atoms with Crippen LogP contribution in [0.15, 0.2) is 24.3 Å². The zero-order chi connectivity index (χ0) is 22.1. The summed E-state index contributed by atoms with van der Waals surface area (Å²) in [6, 6.07) is 7.77. The molecule has 2 aliphatic heterocycles. The minimum Gasteiger partial charge on any atom is -0.486 e.